The molecule has 0 fully saturated rings. The molecule has 0 spiro atoms. The first-order valence-electron chi connectivity index (χ1n) is 8.84. The van der Waals surface area contributed by atoms with Crippen LogP contribution >= 0.6 is 27.7 Å². The number of benzene rings is 2. The van der Waals surface area contributed by atoms with Crippen molar-refractivity contribution in [3.8, 4) is 0 Å². The highest BCUT2D eigenvalue weighted by molar-refractivity contribution is 9.10. The van der Waals surface area contributed by atoms with Crippen LogP contribution in [0.4, 0.5) is 0 Å². The Kier molecular flexibility index (Phi) is 9.21. The van der Waals surface area contributed by atoms with Crippen molar-refractivity contribution in [3.05, 3.63) is 64.1 Å². The number of thioether (sulfide) groups is 1. The largest absolute Gasteiger partial charge is 0.467 e. The molecule has 29 heavy (non-hydrogen) atoms. The molecule has 0 saturated heterocycles. The Morgan fingerprint density at radius 1 is 1.14 bits per heavy atom. The standard InChI is InChI=1S/C21H22BrNO5S/c1-14-10-16(22)8-9-18(14)29-13-20(25)28-12-19(24)23-17(21(26)27-2)11-15-6-4-3-5-7-15/h3-10,17H,11-13H2,1-2H3,(H,23,24). The third-order valence-corrected chi connectivity index (χ3v) is 5.59. The Balaban J connectivity index is 1.81. The van der Waals surface area contributed by atoms with Crippen molar-refractivity contribution in [2.24, 2.45) is 0 Å². The molecule has 154 valence electrons. The van der Waals surface area contributed by atoms with Gasteiger partial charge in [-0.25, -0.2) is 4.79 Å². The molecule has 0 aromatic heterocycles. The molecular weight excluding hydrogens is 458 g/mol. The molecule has 1 atom stereocenters. The third kappa shape index (κ3) is 7.91. The maximum absolute atomic E-state index is 12.1. The second-order valence-electron chi connectivity index (χ2n) is 6.19. The van der Waals surface area contributed by atoms with Crippen LogP contribution in [0.25, 0.3) is 0 Å². The summed E-state index contributed by atoms with van der Waals surface area (Å²) < 4.78 is 10.7. The second-order valence-corrected chi connectivity index (χ2v) is 8.13. The Hall–Kier alpha value is -2.32. The fourth-order valence-electron chi connectivity index (χ4n) is 2.52. The number of esters is 2. The molecule has 1 unspecified atom stereocenters. The molecule has 1 amide bonds. The molecule has 0 saturated carbocycles. The highest BCUT2D eigenvalue weighted by atomic mass is 79.9. The van der Waals surface area contributed by atoms with Crippen LogP contribution in [0.5, 0.6) is 0 Å². The number of carbonyl (C=O) groups excluding carboxylic acids is 3. The number of methoxy groups -OCH3 is 1. The zero-order chi connectivity index (χ0) is 21.2. The Morgan fingerprint density at radius 2 is 1.86 bits per heavy atom. The smallest absolute Gasteiger partial charge is 0.328 e. The molecular formula is C21H22BrNO5S. The third-order valence-electron chi connectivity index (χ3n) is 3.95. The van der Waals surface area contributed by atoms with E-state index in [1.165, 1.54) is 18.9 Å². The molecule has 6 nitrogen and oxygen atoms in total. The average molecular weight is 480 g/mol. The number of amides is 1. The van der Waals surface area contributed by atoms with Gasteiger partial charge >= 0.3 is 11.9 Å². The Bertz CT molecular complexity index is 859. The van der Waals surface area contributed by atoms with Gasteiger partial charge in [0, 0.05) is 15.8 Å². The van der Waals surface area contributed by atoms with Gasteiger partial charge in [0.2, 0.25) is 0 Å². The van der Waals surface area contributed by atoms with Gasteiger partial charge in [-0.2, -0.15) is 0 Å². The molecule has 8 heteroatoms. The lowest BCUT2D eigenvalue weighted by atomic mass is 10.1. The van der Waals surface area contributed by atoms with Gasteiger partial charge in [0.05, 0.1) is 12.9 Å². The lowest BCUT2D eigenvalue weighted by molar-refractivity contribution is -0.148. The van der Waals surface area contributed by atoms with Crippen LogP contribution in [0.3, 0.4) is 0 Å². The van der Waals surface area contributed by atoms with Crippen LogP contribution in [0.2, 0.25) is 0 Å². The molecule has 2 aromatic carbocycles. The van der Waals surface area contributed by atoms with E-state index in [0.29, 0.717) is 0 Å². The van der Waals surface area contributed by atoms with E-state index in [1.54, 1.807) is 0 Å². The number of aryl methyl sites for hydroxylation is 1. The van der Waals surface area contributed by atoms with Gasteiger partial charge in [0.25, 0.3) is 5.91 Å². The fourth-order valence-corrected chi connectivity index (χ4v) is 3.80. The predicted octanol–water partition coefficient (Wildman–Crippen LogP) is 3.29. The minimum absolute atomic E-state index is 0.0835. The topological polar surface area (TPSA) is 81.7 Å². The summed E-state index contributed by atoms with van der Waals surface area (Å²) in [5.74, 6) is -1.55. The van der Waals surface area contributed by atoms with E-state index in [9.17, 15) is 14.4 Å². The summed E-state index contributed by atoms with van der Waals surface area (Å²) in [5, 5.41) is 2.56. The summed E-state index contributed by atoms with van der Waals surface area (Å²) in [6.07, 6.45) is 0.284. The SMILES string of the molecule is COC(=O)C(Cc1ccccc1)NC(=O)COC(=O)CSc1ccc(Br)cc1C. The zero-order valence-corrected chi connectivity index (χ0v) is 18.5. The van der Waals surface area contributed by atoms with Crippen molar-refractivity contribution >= 4 is 45.5 Å². The van der Waals surface area contributed by atoms with Gasteiger partial charge < -0.3 is 14.8 Å². The maximum Gasteiger partial charge on any atom is 0.328 e. The Labute approximate surface area is 182 Å². The van der Waals surface area contributed by atoms with Crippen molar-refractivity contribution in [2.45, 2.75) is 24.3 Å². The van der Waals surface area contributed by atoms with E-state index in [2.05, 4.69) is 21.2 Å². The fraction of sp³-hybridized carbons (Fsp3) is 0.286. The van der Waals surface area contributed by atoms with Gasteiger partial charge in [-0.1, -0.05) is 46.3 Å². The van der Waals surface area contributed by atoms with Crippen molar-refractivity contribution < 1.29 is 23.9 Å². The maximum atomic E-state index is 12.1. The Morgan fingerprint density at radius 3 is 2.52 bits per heavy atom. The first-order chi connectivity index (χ1) is 13.9. The van der Waals surface area contributed by atoms with E-state index in [0.717, 1.165) is 20.5 Å². The highest BCUT2D eigenvalue weighted by Gasteiger charge is 2.22. The summed E-state index contributed by atoms with van der Waals surface area (Å²) in [6, 6.07) is 14.2. The number of ether oxygens (including phenoxy) is 2. The minimum atomic E-state index is -0.853. The monoisotopic (exact) mass is 479 g/mol. The van der Waals surface area contributed by atoms with Gasteiger partial charge in [-0.15, -0.1) is 11.8 Å². The molecule has 2 aromatic rings. The molecule has 2 rings (SSSR count). The van der Waals surface area contributed by atoms with E-state index in [-0.39, 0.29) is 12.2 Å². The summed E-state index contributed by atoms with van der Waals surface area (Å²) in [4.78, 5) is 37.0. The number of rotatable bonds is 9. The van der Waals surface area contributed by atoms with E-state index in [4.69, 9.17) is 9.47 Å². The summed E-state index contributed by atoms with van der Waals surface area (Å²) in [5.41, 5.74) is 1.92. The first-order valence-corrected chi connectivity index (χ1v) is 10.6. The van der Waals surface area contributed by atoms with E-state index in [1.807, 2.05) is 55.5 Å². The molecule has 0 aliphatic heterocycles. The number of carbonyl (C=O) groups is 3. The van der Waals surface area contributed by atoms with Crippen molar-refractivity contribution in [2.75, 3.05) is 19.5 Å². The van der Waals surface area contributed by atoms with Crippen LogP contribution in [0.15, 0.2) is 57.9 Å². The van der Waals surface area contributed by atoms with Gasteiger partial charge in [-0.3, -0.25) is 9.59 Å². The molecule has 0 aliphatic rings. The molecule has 0 aliphatic carbocycles. The molecule has 0 bridgehead atoms. The van der Waals surface area contributed by atoms with E-state index >= 15 is 0 Å². The predicted molar refractivity (Wildman–Crippen MR) is 115 cm³/mol. The second kappa shape index (κ2) is 11.6. The van der Waals surface area contributed by atoms with Crippen LogP contribution < -0.4 is 5.32 Å². The summed E-state index contributed by atoms with van der Waals surface area (Å²) >= 11 is 4.73. The van der Waals surface area contributed by atoms with Crippen LogP contribution in [-0.4, -0.2) is 43.4 Å². The van der Waals surface area contributed by atoms with E-state index < -0.39 is 30.5 Å². The van der Waals surface area contributed by atoms with Crippen molar-refractivity contribution in [1.82, 2.24) is 5.32 Å². The first kappa shape index (κ1) is 23.0. The van der Waals surface area contributed by atoms with Gasteiger partial charge in [0.15, 0.2) is 6.61 Å². The number of nitrogens with one attached hydrogen (secondary N) is 1. The molecule has 0 heterocycles. The van der Waals surface area contributed by atoms with Gasteiger partial charge in [-0.05, 0) is 36.2 Å². The van der Waals surface area contributed by atoms with Gasteiger partial charge in [0.1, 0.15) is 6.04 Å². The average Bonchev–Trinajstić information content (AvgIpc) is 2.71. The minimum Gasteiger partial charge on any atom is -0.467 e. The zero-order valence-electron chi connectivity index (χ0n) is 16.1. The number of halogens is 1. The van der Waals surface area contributed by atoms with Crippen molar-refractivity contribution in [3.63, 3.8) is 0 Å². The highest BCUT2D eigenvalue weighted by Crippen LogP contribution is 2.25. The van der Waals surface area contributed by atoms with Crippen LogP contribution in [-0.2, 0) is 30.3 Å². The van der Waals surface area contributed by atoms with Crippen LogP contribution in [0.1, 0.15) is 11.1 Å². The van der Waals surface area contributed by atoms with Crippen LogP contribution in [0, 0.1) is 6.92 Å². The number of hydrogen-bond acceptors (Lipinski definition) is 6. The summed E-state index contributed by atoms with van der Waals surface area (Å²) in [6.45, 7) is 1.49. The quantitative estimate of drug-likeness (QED) is 0.438. The summed E-state index contributed by atoms with van der Waals surface area (Å²) in [7, 11) is 1.26. The normalized spacial score (nSPS) is 11.4. The lowest BCUT2D eigenvalue weighted by Crippen LogP contribution is -2.44. The molecule has 1 N–H and O–H groups in total. The lowest BCUT2D eigenvalue weighted by Gasteiger charge is -2.16. The number of hydrogen-bond donors (Lipinski definition) is 1. The molecule has 0 radical (unpaired) electrons. The van der Waals surface area contributed by atoms with Crippen molar-refractivity contribution in [1.29, 1.82) is 0 Å².